The Kier molecular flexibility index (Phi) is 5.59. The molecule has 0 atom stereocenters. The maximum absolute atomic E-state index is 11.7. The van der Waals surface area contributed by atoms with E-state index in [0.717, 1.165) is 4.68 Å². The van der Waals surface area contributed by atoms with Crippen LogP contribution in [0.2, 0.25) is 0 Å². The van der Waals surface area contributed by atoms with Crippen molar-refractivity contribution in [3.05, 3.63) is 21.0 Å². The van der Waals surface area contributed by atoms with Crippen molar-refractivity contribution in [1.82, 2.24) is 15.1 Å². The number of aliphatic hydroxyl groups is 1. The minimum absolute atomic E-state index is 0.140. The summed E-state index contributed by atoms with van der Waals surface area (Å²) in [6.45, 7) is 0.726. The molecule has 0 aliphatic rings. The highest BCUT2D eigenvalue weighted by Crippen LogP contribution is 2.15. The molecule has 0 bridgehead atoms. The lowest BCUT2D eigenvalue weighted by Crippen LogP contribution is -2.33. The Labute approximate surface area is 111 Å². The summed E-state index contributed by atoms with van der Waals surface area (Å²) in [6, 6.07) is -0.604. The zero-order chi connectivity index (χ0) is 13.5. The van der Waals surface area contributed by atoms with Crippen LogP contribution in [0, 0.1) is 0 Å². The third-order valence-corrected chi connectivity index (χ3v) is 2.80. The number of carbonyl (C=O) groups excluding carboxylic acids is 1. The SMILES string of the molecule is NC(=O)NCCNc1cnn(CCO)c(=O)c1Br. The Morgan fingerprint density at radius 2 is 2.28 bits per heavy atom. The first kappa shape index (κ1) is 14.5. The zero-order valence-electron chi connectivity index (χ0n) is 9.52. The van der Waals surface area contributed by atoms with E-state index < -0.39 is 6.03 Å². The number of hydrogen-bond acceptors (Lipinski definition) is 5. The number of aliphatic hydroxyl groups excluding tert-OH is 1. The fourth-order valence-corrected chi connectivity index (χ4v) is 1.67. The number of carbonyl (C=O) groups is 1. The lowest BCUT2D eigenvalue weighted by atomic mass is 10.4. The Hall–Kier alpha value is -1.61. The zero-order valence-corrected chi connectivity index (χ0v) is 11.1. The number of amides is 2. The fourth-order valence-electron chi connectivity index (χ4n) is 1.23. The molecule has 1 aromatic rings. The van der Waals surface area contributed by atoms with Gasteiger partial charge in [0.25, 0.3) is 5.56 Å². The summed E-state index contributed by atoms with van der Waals surface area (Å²) < 4.78 is 1.47. The third-order valence-electron chi connectivity index (χ3n) is 2.04. The minimum Gasteiger partial charge on any atom is -0.394 e. The summed E-state index contributed by atoms with van der Waals surface area (Å²) in [5, 5.41) is 18.0. The highest BCUT2D eigenvalue weighted by molar-refractivity contribution is 9.10. The molecule has 0 spiro atoms. The van der Waals surface area contributed by atoms with E-state index in [1.54, 1.807) is 0 Å². The van der Waals surface area contributed by atoms with Gasteiger partial charge in [0.05, 0.1) is 25.0 Å². The van der Waals surface area contributed by atoms with Gasteiger partial charge in [-0.05, 0) is 15.9 Å². The first-order valence-corrected chi connectivity index (χ1v) is 5.99. The molecule has 1 aromatic heterocycles. The predicted molar refractivity (Wildman–Crippen MR) is 69.4 cm³/mol. The van der Waals surface area contributed by atoms with Crippen LogP contribution in [-0.2, 0) is 6.54 Å². The molecule has 0 aliphatic carbocycles. The maximum Gasteiger partial charge on any atom is 0.312 e. The number of anilines is 1. The van der Waals surface area contributed by atoms with E-state index in [9.17, 15) is 9.59 Å². The number of nitrogens with one attached hydrogen (secondary N) is 2. The monoisotopic (exact) mass is 319 g/mol. The van der Waals surface area contributed by atoms with Crippen molar-refractivity contribution >= 4 is 27.6 Å². The first-order valence-electron chi connectivity index (χ1n) is 5.20. The quantitative estimate of drug-likeness (QED) is 0.505. The second-order valence-corrected chi connectivity index (χ2v) is 4.13. The standard InChI is InChI=1S/C9H14BrN5O3/c10-7-6(12-1-2-13-9(11)18)5-14-15(3-4-16)8(7)17/h5,12,16H,1-4H2,(H3,11,13,18). The summed E-state index contributed by atoms with van der Waals surface area (Å²) in [5.74, 6) is 0. The second-order valence-electron chi connectivity index (χ2n) is 3.34. The number of aromatic nitrogens is 2. The summed E-state index contributed by atoms with van der Waals surface area (Å²) in [6.07, 6.45) is 1.46. The topological polar surface area (TPSA) is 122 Å². The Morgan fingerprint density at radius 3 is 2.89 bits per heavy atom. The Bertz CT molecular complexity index is 476. The number of nitrogens with zero attached hydrogens (tertiary/aromatic N) is 2. The van der Waals surface area contributed by atoms with E-state index in [2.05, 4.69) is 31.7 Å². The molecule has 8 nitrogen and oxygen atoms in total. The lowest BCUT2D eigenvalue weighted by Gasteiger charge is -2.09. The molecule has 1 rings (SSSR count). The minimum atomic E-state index is -0.604. The van der Waals surface area contributed by atoms with Crippen LogP contribution in [0.15, 0.2) is 15.5 Å². The van der Waals surface area contributed by atoms with Crippen LogP contribution in [0.4, 0.5) is 10.5 Å². The van der Waals surface area contributed by atoms with E-state index in [-0.39, 0.29) is 18.7 Å². The van der Waals surface area contributed by atoms with Gasteiger partial charge in [-0.15, -0.1) is 0 Å². The smallest absolute Gasteiger partial charge is 0.312 e. The van der Waals surface area contributed by atoms with Gasteiger partial charge in [-0.25, -0.2) is 9.48 Å². The van der Waals surface area contributed by atoms with Crippen molar-refractivity contribution in [1.29, 1.82) is 0 Å². The van der Waals surface area contributed by atoms with Crippen molar-refractivity contribution in [3.8, 4) is 0 Å². The molecule has 100 valence electrons. The Balaban J connectivity index is 2.65. The van der Waals surface area contributed by atoms with Crippen molar-refractivity contribution in [3.63, 3.8) is 0 Å². The van der Waals surface area contributed by atoms with Gasteiger partial charge in [-0.2, -0.15) is 5.10 Å². The van der Waals surface area contributed by atoms with E-state index in [1.807, 2.05) is 0 Å². The highest BCUT2D eigenvalue weighted by atomic mass is 79.9. The maximum atomic E-state index is 11.7. The molecule has 0 saturated heterocycles. The molecule has 0 saturated carbocycles. The van der Waals surface area contributed by atoms with Gasteiger partial charge in [0, 0.05) is 13.1 Å². The van der Waals surface area contributed by atoms with E-state index in [0.29, 0.717) is 23.2 Å². The third kappa shape index (κ3) is 4.00. The number of halogens is 1. The highest BCUT2D eigenvalue weighted by Gasteiger charge is 2.07. The van der Waals surface area contributed by atoms with Crippen molar-refractivity contribution in [2.24, 2.45) is 5.73 Å². The van der Waals surface area contributed by atoms with Gasteiger partial charge in [-0.1, -0.05) is 0 Å². The summed E-state index contributed by atoms with van der Waals surface area (Å²) in [7, 11) is 0. The van der Waals surface area contributed by atoms with Crippen LogP contribution in [0.1, 0.15) is 0 Å². The van der Waals surface area contributed by atoms with Gasteiger partial charge in [0.2, 0.25) is 0 Å². The molecule has 0 aliphatic heterocycles. The lowest BCUT2D eigenvalue weighted by molar-refractivity contribution is 0.249. The van der Waals surface area contributed by atoms with Crippen LogP contribution >= 0.6 is 15.9 Å². The van der Waals surface area contributed by atoms with Gasteiger partial charge in [0.15, 0.2) is 0 Å². The average Bonchev–Trinajstić information content (AvgIpc) is 2.33. The largest absolute Gasteiger partial charge is 0.394 e. The van der Waals surface area contributed by atoms with Crippen molar-refractivity contribution < 1.29 is 9.90 Å². The van der Waals surface area contributed by atoms with Crippen LogP contribution in [-0.4, -0.2) is 40.6 Å². The van der Waals surface area contributed by atoms with Gasteiger partial charge in [-0.3, -0.25) is 4.79 Å². The number of primary amides is 1. The fraction of sp³-hybridized carbons (Fsp3) is 0.444. The van der Waals surface area contributed by atoms with Gasteiger partial charge in [0.1, 0.15) is 4.47 Å². The van der Waals surface area contributed by atoms with Crippen LogP contribution in [0.3, 0.4) is 0 Å². The molecule has 0 fully saturated rings. The first-order chi connectivity index (χ1) is 8.56. The molecule has 0 unspecified atom stereocenters. The molecule has 2 amide bonds. The number of hydrogen-bond donors (Lipinski definition) is 4. The number of nitrogens with two attached hydrogens (primary N) is 1. The van der Waals surface area contributed by atoms with Crippen molar-refractivity contribution in [2.75, 3.05) is 25.0 Å². The molecule has 1 heterocycles. The Morgan fingerprint density at radius 1 is 1.56 bits per heavy atom. The molecular weight excluding hydrogens is 306 g/mol. The summed E-state index contributed by atoms with van der Waals surface area (Å²) in [4.78, 5) is 22.2. The van der Waals surface area contributed by atoms with E-state index >= 15 is 0 Å². The number of urea groups is 1. The average molecular weight is 320 g/mol. The number of rotatable bonds is 6. The molecule has 0 radical (unpaired) electrons. The van der Waals surface area contributed by atoms with Crippen molar-refractivity contribution in [2.45, 2.75) is 6.54 Å². The predicted octanol–water partition coefficient (Wildman–Crippen LogP) is -0.922. The van der Waals surface area contributed by atoms with Crippen LogP contribution in [0.5, 0.6) is 0 Å². The van der Waals surface area contributed by atoms with Crippen LogP contribution < -0.4 is 21.9 Å². The van der Waals surface area contributed by atoms with Crippen LogP contribution in [0.25, 0.3) is 0 Å². The summed E-state index contributed by atoms with van der Waals surface area (Å²) >= 11 is 3.15. The molecule has 18 heavy (non-hydrogen) atoms. The van der Waals surface area contributed by atoms with E-state index in [4.69, 9.17) is 10.8 Å². The molecule has 0 aromatic carbocycles. The molecule has 5 N–H and O–H groups in total. The molecular formula is C9H14BrN5O3. The normalized spacial score (nSPS) is 10.1. The second kappa shape index (κ2) is 6.97. The van der Waals surface area contributed by atoms with E-state index in [1.165, 1.54) is 6.20 Å². The summed E-state index contributed by atoms with van der Waals surface area (Å²) in [5.41, 5.74) is 5.08. The molecule has 9 heteroatoms. The van der Waals surface area contributed by atoms with Gasteiger partial charge >= 0.3 is 6.03 Å². The van der Waals surface area contributed by atoms with Gasteiger partial charge < -0.3 is 21.5 Å².